The van der Waals surface area contributed by atoms with Crippen LogP contribution in [0.3, 0.4) is 0 Å². The maximum atomic E-state index is 12.2. The maximum absolute atomic E-state index is 12.2. The number of para-hydroxylation sites is 1. The second-order valence-corrected chi connectivity index (χ2v) is 6.69. The van der Waals surface area contributed by atoms with Gasteiger partial charge in [0.1, 0.15) is 4.32 Å². The summed E-state index contributed by atoms with van der Waals surface area (Å²) in [4.78, 5) is 16.6. The van der Waals surface area contributed by atoms with Crippen LogP contribution >= 0.6 is 24.0 Å². The lowest BCUT2D eigenvalue weighted by atomic mass is 10.00. The summed E-state index contributed by atoms with van der Waals surface area (Å²) in [7, 11) is 2.03. The van der Waals surface area contributed by atoms with Crippen LogP contribution in [-0.4, -0.2) is 28.7 Å². The summed E-state index contributed by atoms with van der Waals surface area (Å²) in [6.45, 7) is 2.55. The van der Waals surface area contributed by atoms with Gasteiger partial charge < -0.3 is 4.90 Å². The lowest BCUT2D eigenvalue weighted by molar-refractivity contribution is -0.122. The first kappa shape index (κ1) is 15.1. The van der Waals surface area contributed by atoms with Gasteiger partial charge in [0.25, 0.3) is 5.91 Å². The fourth-order valence-electron chi connectivity index (χ4n) is 2.49. The van der Waals surface area contributed by atoms with E-state index in [1.165, 1.54) is 11.8 Å². The van der Waals surface area contributed by atoms with E-state index in [0.29, 0.717) is 15.8 Å². The van der Waals surface area contributed by atoms with E-state index < -0.39 is 0 Å². The van der Waals surface area contributed by atoms with Crippen molar-refractivity contribution in [3.05, 3.63) is 59.2 Å². The number of nitrogens with zero attached hydrogens (tertiary/aromatic N) is 2. The molecule has 3 nitrogen and oxygen atoms in total. The topological polar surface area (TPSA) is 23.6 Å². The Morgan fingerprint density at radius 3 is 2.77 bits per heavy atom. The van der Waals surface area contributed by atoms with Crippen molar-refractivity contribution in [2.75, 3.05) is 18.5 Å². The van der Waals surface area contributed by atoms with Gasteiger partial charge in [-0.05, 0) is 30.7 Å². The molecule has 2 aliphatic heterocycles. The normalized spacial score (nSPS) is 21.2. The summed E-state index contributed by atoms with van der Waals surface area (Å²) in [5.41, 5.74) is 3.41. The van der Waals surface area contributed by atoms with Gasteiger partial charge in [-0.15, -0.1) is 0 Å². The van der Waals surface area contributed by atoms with Gasteiger partial charge >= 0.3 is 0 Å². The zero-order chi connectivity index (χ0) is 15.7. The fraction of sp³-hybridized carbons (Fsp3) is 0.176. The summed E-state index contributed by atoms with van der Waals surface area (Å²) in [6.07, 6.45) is 7.94. The largest absolute Gasteiger partial charge is 0.351 e. The number of amides is 1. The zero-order valence-corrected chi connectivity index (χ0v) is 14.1. The number of allylic oxidation sites excluding steroid dienone is 4. The third-order valence-corrected chi connectivity index (χ3v) is 5.07. The van der Waals surface area contributed by atoms with E-state index in [9.17, 15) is 4.79 Å². The molecule has 0 radical (unpaired) electrons. The molecule has 1 amide bonds. The minimum absolute atomic E-state index is 0.000424. The molecule has 0 atom stereocenters. The Hall–Kier alpha value is -1.85. The van der Waals surface area contributed by atoms with Gasteiger partial charge in [-0.3, -0.25) is 9.69 Å². The Labute approximate surface area is 140 Å². The number of anilines is 1. The molecule has 1 aromatic carbocycles. The molecule has 0 N–H and O–H groups in total. The molecule has 5 heteroatoms. The number of hydrogen-bond donors (Lipinski definition) is 0. The van der Waals surface area contributed by atoms with Crippen LogP contribution in [0.15, 0.2) is 53.6 Å². The van der Waals surface area contributed by atoms with Crippen molar-refractivity contribution in [2.24, 2.45) is 0 Å². The minimum Gasteiger partial charge on any atom is -0.351 e. The van der Waals surface area contributed by atoms with Crippen LogP contribution in [0.5, 0.6) is 0 Å². The van der Waals surface area contributed by atoms with Crippen LogP contribution in [0.2, 0.25) is 0 Å². The number of thioether (sulfide) groups is 1. The third kappa shape index (κ3) is 2.62. The molecule has 0 saturated carbocycles. The van der Waals surface area contributed by atoms with Crippen molar-refractivity contribution in [3.63, 3.8) is 0 Å². The molecule has 0 bridgehead atoms. The Morgan fingerprint density at radius 2 is 2.05 bits per heavy atom. The molecule has 0 aliphatic carbocycles. The van der Waals surface area contributed by atoms with Crippen LogP contribution in [0.4, 0.5) is 5.69 Å². The Balaban J connectivity index is 1.94. The number of thiocarbonyl (C=S) groups is 1. The van der Waals surface area contributed by atoms with Gasteiger partial charge in [-0.1, -0.05) is 48.3 Å². The van der Waals surface area contributed by atoms with Crippen molar-refractivity contribution in [3.8, 4) is 0 Å². The van der Waals surface area contributed by atoms with E-state index in [1.54, 1.807) is 4.90 Å². The summed E-state index contributed by atoms with van der Waals surface area (Å²) in [5, 5.41) is 0. The number of rotatable bonds is 2. The molecule has 0 spiro atoms. The monoisotopic (exact) mass is 328 g/mol. The summed E-state index contributed by atoms with van der Waals surface area (Å²) < 4.78 is 0.636. The molecular weight excluding hydrogens is 312 g/mol. The van der Waals surface area contributed by atoms with E-state index in [2.05, 4.69) is 23.1 Å². The van der Waals surface area contributed by atoms with Crippen LogP contribution in [-0.2, 0) is 4.79 Å². The van der Waals surface area contributed by atoms with Gasteiger partial charge in [0.2, 0.25) is 0 Å². The number of likely N-dealkylation sites (N-methyl/N-ethyl adjacent to an activating group) is 1. The van der Waals surface area contributed by atoms with Crippen molar-refractivity contribution in [1.29, 1.82) is 0 Å². The second kappa shape index (κ2) is 6.10. The predicted octanol–water partition coefficient (Wildman–Crippen LogP) is 3.80. The summed E-state index contributed by atoms with van der Waals surface area (Å²) >= 11 is 6.60. The van der Waals surface area contributed by atoms with E-state index >= 15 is 0 Å². The molecule has 2 heterocycles. The first-order valence-corrected chi connectivity index (χ1v) is 8.30. The molecule has 2 aliphatic rings. The highest BCUT2D eigenvalue weighted by molar-refractivity contribution is 8.26. The zero-order valence-electron chi connectivity index (χ0n) is 12.4. The number of carbonyl (C=O) groups is 1. The quantitative estimate of drug-likeness (QED) is 0.609. The Kier molecular flexibility index (Phi) is 4.18. The van der Waals surface area contributed by atoms with Crippen LogP contribution < -0.4 is 4.90 Å². The number of fused-ring (bicyclic) bond motifs is 1. The molecular formula is C17H16N2OS2. The molecule has 1 fully saturated rings. The SMILES string of the molecule is CCN1C(=O)C(=CC=C2C=CN(C)c3ccccc32)SC1=S. The molecule has 0 aromatic heterocycles. The third-order valence-electron chi connectivity index (χ3n) is 3.68. The number of carbonyl (C=O) groups excluding carboxylic acids is 1. The average Bonchev–Trinajstić information content (AvgIpc) is 2.80. The molecule has 0 unspecified atom stereocenters. The molecule has 1 saturated heterocycles. The lowest BCUT2D eigenvalue weighted by Crippen LogP contribution is -2.27. The van der Waals surface area contributed by atoms with Crippen molar-refractivity contribution >= 4 is 45.5 Å². The van der Waals surface area contributed by atoms with Gasteiger partial charge in [-0.2, -0.15) is 0 Å². The highest BCUT2D eigenvalue weighted by Crippen LogP contribution is 2.34. The van der Waals surface area contributed by atoms with Crippen molar-refractivity contribution in [2.45, 2.75) is 6.92 Å². The van der Waals surface area contributed by atoms with E-state index in [4.69, 9.17) is 12.2 Å². The molecule has 22 heavy (non-hydrogen) atoms. The molecule has 3 rings (SSSR count). The van der Waals surface area contributed by atoms with Gasteiger partial charge in [0.05, 0.1) is 4.91 Å². The molecule has 1 aromatic rings. The van der Waals surface area contributed by atoms with E-state index in [0.717, 1.165) is 16.8 Å². The smallest absolute Gasteiger partial charge is 0.266 e. The van der Waals surface area contributed by atoms with Crippen LogP contribution in [0.1, 0.15) is 12.5 Å². The van der Waals surface area contributed by atoms with Gasteiger partial charge in [0, 0.05) is 31.0 Å². The highest BCUT2D eigenvalue weighted by atomic mass is 32.2. The number of hydrogen-bond acceptors (Lipinski definition) is 4. The van der Waals surface area contributed by atoms with Crippen LogP contribution in [0, 0.1) is 0 Å². The van der Waals surface area contributed by atoms with Crippen molar-refractivity contribution in [1.82, 2.24) is 4.90 Å². The second-order valence-electron chi connectivity index (χ2n) is 5.01. The lowest BCUT2D eigenvalue weighted by Gasteiger charge is -2.23. The maximum Gasteiger partial charge on any atom is 0.266 e. The van der Waals surface area contributed by atoms with E-state index in [-0.39, 0.29) is 5.91 Å². The summed E-state index contributed by atoms with van der Waals surface area (Å²) in [5.74, 6) is -0.000424. The van der Waals surface area contributed by atoms with Crippen molar-refractivity contribution < 1.29 is 4.79 Å². The first-order valence-electron chi connectivity index (χ1n) is 7.08. The summed E-state index contributed by atoms with van der Waals surface area (Å²) in [6, 6.07) is 8.23. The first-order chi connectivity index (χ1) is 10.6. The highest BCUT2D eigenvalue weighted by Gasteiger charge is 2.30. The van der Waals surface area contributed by atoms with Crippen LogP contribution in [0.25, 0.3) is 5.57 Å². The minimum atomic E-state index is -0.000424. The van der Waals surface area contributed by atoms with Gasteiger partial charge in [-0.25, -0.2) is 0 Å². The predicted molar refractivity (Wildman–Crippen MR) is 97.6 cm³/mol. The standard InChI is InChI=1S/C17H16N2OS2/c1-3-19-16(20)15(22-17(19)21)9-8-12-10-11-18(2)14-7-5-4-6-13(12)14/h4-11H,3H2,1-2H3. The average molecular weight is 328 g/mol. The Morgan fingerprint density at radius 1 is 1.27 bits per heavy atom. The fourth-order valence-corrected chi connectivity index (χ4v) is 3.81. The number of benzene rings is 1. The molecule has 112 valence electrons. The van der Waals surface area contributed by atoms with E-state index in [1.807, 2.05) is 44.5 Å². The van der Waals surface area contributed by atoms with Gasteiger partial charge in [0.15, 0.2) is 0 Å². The Bertz CT molecular complexity index is 734.